The Morgan fingerprint density at radius 3 is 2.94 bits per heavy atom. The molecule has 2 saturated heterocycles. The van der Waals surface area contributed by atoms with E-state index >= 15 is 0 Å². The van der Waals surface area contributed by atoms with Gasteiger partial charge in [-0.15, -0.1) is 0 Å². The molecule has 0 saturated carbocycles. The molecule has 5 heteroatoms. The van der Waals surface area contributed by atoms with Crippen molar-refractivity contribution in [2.75, 3.05) is 6.61 Å². The summed E-state index contributed by atoms with van der Waals surface area (Å²) in [5.41, 5.74) is 1.27. The second-order valence-electron chi connectivity index (χ2n) is 4.22. The van der Waals surface area contributed by atoms with E-state index in [1.165, 1.54) is 0 Å². The van der Waals surface area contributed by atoms with Crippen LogP contribution >= 0.6 is 11.6 Å². The van der Waals surface area contributed by atoms with Gasteiger partial charge in [0, 0.05) is 10.6 Å². The van der Waals surface area contributed by atoms with Crippen molar-refractivity contribution in [3.63, 3.8) is 0 Å². The van der Waals surface area contributed by atoms with Crippen LogP contribution in [0.25, 0.3) is 6.08 Å². The summed E-state index contributed by atoms with van der Waals surface area (Å²) >= 11 is 5.88. The van der Waals surface area contributed by atoms with E-state index in [0.717, 1.165) is 5.56 Å². The molecule has 1 aromatic rings. The number of rotatable bonds is 1. The lowest BCUT2D eigenvalue weighted by molar-refractivity contribution is -0.154. The molecule has 0 spiro atoms. The minimum absolute atomic E-state index is 0.196. The first-order valence-electron chi connectivity index (χ1n) is 5.50. The van der Waals surface area contributed by atoms with Crippen LogP contribution < -0.4 is 0 Å². The van der Waals surface area contributed by atoms with Crippen molar-refractivity contribution in [1.82, 2.24) is 0 Å². The number of carbonyl (C=O) groups excluding carboxylic acids is 2. The van der Waals surface area contributed by atoms with E-state index in [1.807, 2.05) is 6.07 Å². The van der Waals surface area contributed by atoms with Crippen LogP contribution in [0.1, 0.15) is 5.56 Å². The van der Waals surface area contributed by atoms with Gasteiger partial charge in [0.25, 0.3) is 0 Å². The fourth-order valence-corrected chi connectivity index (χ4v) is 2.36. The van der Waals surface area contributed by atoms with Crippen LogP contribution in [0.5, 0.6) is 0 Å². The molecule has 0 aliphatic carbocycles. The SMILES string of the molecule is O=C1O[C@H]2C(=O)OC[C@H]2/C1=C/c1cccc(Cl)c1. The largest absolute Gasteiger partial charge is 0.462 e. The average molecular weight is 265 g/mol. The molecule has 0 unspecified atom stereocenters. The highest BCUT2D eigenvalue weighted by molar-refractivity contribution is 6.30. The number of fused-ring (bicyclic) bond motifs is 1. The maximum Gasteiger partial charge on any atom is 0.348 e. The summed E-state index contributed by atoms with van der Waals surface area (Å²) < 4.78 is 9.87. The molecule has 3 rings (SSSR count). The van der Waals surface area contributed by atoms with Gasteiger partial charge in [0.2, 0.25) is 6.10 Å². The van der Waals surface area contributed by atoms with Crippen LogP contribution in [0.4, 0.5) is 0 Å². The topological polar surface area (TPSA) is 52.6 Å². The smallest absolute Gasteiger partial charge is 0.348 e. The molecule has 0 bridgehead atoms. The highest BCUT2D eigenvalue weighted by Gasteiger charge is 2.50. The minimum Gasteiger partial charge on any atom is -0.462 e. The Hall–Kier alpha value is -1.81. The van der Waals surface area contributed by atoms with Crippen molar-refractivity contribution in [3.05, 3.63) is 40.4 Å². The predicted molar refractivity (Wildman–Crippen MR) is 63.8 cm³/mol. The molecule has 0 aromatic heterocycles. The van der Waals surface area contributed by atoms with Gasteiger partial charge >= 0.3 is 11.9 Å². The van der Waals surface area contributed by atoms with E-state index in [1.54, 1.807) is 24.3 Å². The molecular weight excluding hydrogens is 256 g/mol. The van der Waals surface area contributed by atoms with Crippen molar-refractivity contribution < 1.29 is 19.1 Å². The quantitative estimate of drug-likeness (QED) is 0.574. The molecule has 0 radical (unpaired) electrons. The summed E-state index contributed by atoms with van der Waals surface area (Å²) in [6.45, 7) is 0.196. The van der Waals surface area contributed by atoms with Crippen molar-refractivity contribution in [2.45, 2.75) is 6.10 Å². The summed E-state index contributed by atoms with van der Waals surface area (Å²) in [5.74, 6) is -1.23. The zero-order valence-corrected chi connectivity index (χ0v) is 10.0. The first kappa shape index (κ1) is 11.3. The molecule has 2 fully saturated rings. The van der Waals surface area contributed by atoms with Gasteiger partial charge in [-0.3, -0.25) is 0 Å². The van der Waals surface area contributed by atoms with Crippen molar-refractivity contribution >= 4 is 29.6 Å². The van der Waals surface area contributed by atoms with Crippen molar-refractivity contribution in [2.24, 2.45) is 5.92 Å². The fourth-order valence-electron chi connectivity index (χ4n) is 2.17. The highest BCUT2D eigenvalue weighted by Crippen LogP contribution is 2.34. The van der Waals surface area contributed by atoms with Crippen LogP contribution in [0.15, 0.2) is 29.8 Å². The molecule has 2 aliphatic heterocycles. The summed E-state index contributed by atoms with van der Waals surface area (Å²) in [6, 6.07) is 7.12. The highest BCUT2D eigenvalue weighted by atomic mass is 35.5. The molecule has 2 heterocycles. The lowest BCUT2D eigenvalue weighted by Crippen LogP contribution is -2.18. The molecule has 2 atom stereocenters. The van der Waals surface area contributed by atoms with Crippen LogP contribution in [0.3, 0.4) is 0 Å². The average Bonchev–Trinajstić information content (AvgIpc) is 2.82. The predicted octanol–water partition coefficient (Wildman–Crippen LogP) is 1.82. The van der Waals surface area contributed by atoms with E-state index in [-0.39, 0.29) is 12.5 Å². The number of esters is 2. The van der Waals surface area contributed by atoms with E-state index in [2.05, 4.69) is 0 Å². The second-order valence-corrected chi connectivity index (χ2v) is 4.65. The fraction of sp³-hybridized carbons (Fsp3) is 0.231. The van der Waals surface area contributed by atoms with Crippen molar-refractivity contribution in [3.8, 4) is 0 Å². The Morgan fingerprint density at radius 2 is 2.17 bits per heavy atom. The van der Waals surface area contributed by atoms with Crippen LogP contribution in [-0.4, -0.2) is 24.6 Å². The first-order valence-corrected chi connectivity index (χ1v) is 5.88. The van der Waals surface area contributed by atoms with E-state index < -0.39 is 18.0 Å². The molecule has 92 valence electrons. The normalized spacial score (nSPS) is 28.2. The lowest BCUT2D eigenvalue weighted by atomic mass is 9.97. The van der Waals surface area contributed by atoms with Gasteiger partial charge in [-0.2, -0.15) is 0 Å². The molecule has 1 aromatic carbocycles. The van der Waals surface area contributed by atoms with Crippen molar-refractivity contribution in [1.29, 1.82) is 0 Å². The van der Waals surface area contributed by atoms with E-state index in [4.69, 9.17) is 21.1 Å². The number of ether oxygens (including phenoxy) is 2. The number of cyclic esters (lactones) is 1. The second kappa shape index (κ2) is 4.14. The molecule has 0 N–H and O–H groups in total. The number of hydrogen-bond donors (Lipinski definition) is 0. The van der Waals surface area contributed by atoms with E-state index in [9.17, 15) is 9.59 Å². The van der Waals surface area contributed by atoms with Gasteiger partial charge in [-0.1, -0.05) is 23.7 Å². The van der Waals surface area contributed by atoms with Crippen LogP contribution in [0, 0.1) is 5.92 Å². The number of benzene rings is 1. The Morgan fingerprint density at radius 1 is 1.33 bits per heavy atom. The third-order valence-corrected chi connectivity index (χ3v) is 3.28. The van der Waals surface area contributed by atoms with Gasteiger partial charge in [0.1, 0.15) is 6.61 Å². The van der Waals surface area contributed by atoms with Gasteiger partial charge in [-0.25, -0.2) is 9.59 Å². The lowest BCUT2D eigenvalue weighted by Gasteiger charge is -2.01. The minimum atomic E-state index is -0.775. The third-order valence-electron chi connectivity index (χ3n) is 3.04. The Kier molecular flexibility index (Phi) is 2.59. The Bertz CT molecular complexity index is 564. The summed E-state index contributed by atoms with van der Waals surface area (Å²) in [7, 11) is 0. The molecular formula is C13H9ClO4. The first-order chi connectivity index (χ1) is 8.65. The van der Waals surface area contributed by atoms with Crippen LogP contribution in [0.2, 0.25) is 5.02 Å². The molecule has 4 nitrogen and oxygen atoms in total. The summed E-state index contributed by atoms with van der Waals surface area (Å²) in [4.78, 5) is 23.0. The van der Waals surface area contributed by atoms with Gasteiger partial charge < -0.3 is 9.47 Å². The maximum atomic E-state index is 11.7. The number of carbonyl (C=O) groups is 2. The molecule has 2 aliphatic rings. The molecule has 18 heavy (non-hydrogen) atoms. The van der Waals surface area contributed by atoms with Crippen LogP contribution in [-0.2, 0) is 19.1 Å². The standard InChI is InChI=1S/C13H9ClO4/c14-8-3-1-2-7(4-8)5-9-10-6-17-13(16)11(10)18-12(9)15/h1-5,10-11H,6H2/b9-5-/t10-,11+/m0/s1. The number of halogens is 1. The van der Waals surface area contributed by atoms with Gasteiger partial charge in [0.05, 0.1) is 5.92 Å². The number of hydrogen-bond acceptors (Lipinski definition) is 4. The third kappa shape index (κ3) is 1.78. The zero-order valence-electron chi connectivity index (χ0n) is 9.26. The van der Waals surface area contributed by atoms with E-state index in [0.29, 0.717) is 10.6 Å². The maximum absolute atomic E-state index is 11.7. The summed E-state index contributed by atoms with van der Waals surface area (Å²) in [6.07, 6.45) is 0.920. The Labute approximate surface area is 108 Å². The zero-order chi connectivity index (χ0) is 12.7. The summed E-state index contributed by atoms with van der Waals surface area (Å²) in [5, 5.41) is 0.589. The molecule has 0 amide bonds. The van der Waals surface area contributed by atoms with Gasteiger partial charge in [0.15, 0.2) is 0 Å². The Balaban J connectivity index is 1.96. The monoisotopic (exact) mass is 264 g/mol. The van der Waals surface area contributed by atoms with Gasteiger partial charge in [-0.05, 0) is 23.8 Å².